The van der Waals surface area contributed by atoms with Crippen LogP contribution in [0, 0.1) is 12.7 Å². The van der Waals surface area contributed by atoms with Crippen molar-refractivity contribution in [3.63, 3.8) is 0 Å². The number of rotatable bonds is 8. The zero-order valence-electron chi connectivity index (χ0n) is 14.3. The SMILES string of the molecule is CC[C@@H](N[C@@H](C)CC=O)c1ccc(Cl)c(C(=O)c2cc(C)on2)c1F. The molecule has 134 valence electrons. The number of nitrogens with zero attached hydrogens (tertiary/aromatic N) is 1. The Hall–Kier alpha value is -2.05. The van der Waals surface area contributed by atoms with Crippen LogP contribution in [0.2, 0.25) is 5.02 Å². The van der Waals surface area contributed by atoms with Gasteiger partial charge in [0.2, 0.25) is 5.78 Å². The monoisotopic (exact) mass is 366 g/mol. The highest BCUT2D eigenvalue weighted by molar-refractivity contribution is 6.35. The molecule has 5 nitrogen and oxygen atoms in total. The van der Waals surface area contributed by atoms with Crippen molar-refractivity contribution in [3.05, 3.63) is 51.6 Å². The van der Waals surface area contributed by atoms with E-state index in [-0.39, 0.29) is 28.4 Å². The van der Waals surface area contributed by atoms with E-state index < -0.39 is 11.6 Å². The molecule has 2 aromatic rings. The van der Waals surface area contributed by atoms with Crippen LogP contribution in [-0.2, 0) is 4.79 Å². The molecule has 2 rings (SSSR count). The Labute approximate surface area is 150 Å². The van der Waals surface area contributed by atoms with E-state index >= 15 is 4.39 Å². The van der Waals surface area contributed by atoms with Gasteiger partial charge in [-0.2, -0.15) is 0 Å². The lowest BCUT2D eigenvalue weighted by Crippen LogP contribution is -2.31. The highest BCUT2D eigenvalue weighted by Gasteiger charge is 2.26. The third kappa shape index (κ3) is 4.32. The second-order valence-electron chi connectivity index (χ2n) is 5.91. The van der Waals surface area contributed by atoms with Gasteiger partial charge in [0, 0.05) is 30.1 Å². The van der Waals surface area contributed by atoms with Gasteiger partial charge in [0.1, 0.15) is 17.9 Å². The molecule has 0 unspecified atom stereocenters. The second-order valence-corrected chi connectivity index (χ2v) is 6.32. The summed E-state index contributed by atoms with van der Waals surface area (Å²) in [5.74, 6) is -0.861. The molecule has 0 radical (unpaired) electrons. The topological polar surface area (TPSA) is 72.2 Å². The van der Waals surface area contributed by atoms with Crippen molar-refractivity contribution in [1.29, 1.82) is 0 Å². The lowest BCUT2D eigenvalue weighted by atomic mass is 9.97. The molecule has 0 spiro atoms. The first-order chi connectivity index (χ1) is 11.9. The molecule has 0 fully saturated rings. The molecular weight excluding hydrogens is 347 g/mol. The summed E-state index contributed by atoms with van der Waals surface area (Å²) in [6.45, 7) is 5.38. The first kappa shape index (κ1) is 19.3. The van der Waals surface area contributed by atoms with E-state index in [4.69, 9.17) is 16.1 Å². The zero-order chi connectivity index (χ0) is 18.6. The van der Waals surface area contributed by atoms with Crippen LogP contribution in [-0.4, -0.2) is 23.3 Å². The van der Waals surface area contributed by atoms with Crippen LogP contribution in [0.5, 0.6) is 0 Å². The van der Waals surface area contributed by atoms with Crippen molar-refractivity contribution in [2.24, 2.45) is 0 Å². The predicted octanol–water partition coefficient (Wildman–Crippen LogP) is 4.02. The van der Waals surface area contributed by atoms with Gasteiger partial charge in [0.15, 0.2) is 5.69 Å². The van der Waals surface area contributed by atoms with E-state index in [0.29, 0.717) is 24.2 Å². The van der Waals surface area contributed by atoms with Gasteiger partial charge in [-0.3, -0.25) is 4.79 Å². The average Bonchev–Trinajstić information content (AvgIpc) is 3.00. The van der Waals surface area contributed by atoms with E-state index in [0.717, 1.165) is 6.29 Å². The average molecular weight is 367 g/mol. The van der Waals surface area contributed by atoms with Crippen molar-refractivity contribution < 1.29 is 18.5 Å². The molecule has 0 bridgehead atoms. The summed E-state index contributed by atoms with van der Waals surface area (Å²) < 4.78 is 20.0. The molecule has 0 aliphatic rings. The minimum absolute atomic E-state index is 0.00535. The summed E-state index contributed by atoms with van der Waals surface area (Å²) in [5, 5.41) is 6.85. The van der Waals surface area contributed by atoms with Crippen LogP contribution < -0.4 is 5.32 Å². The number of hydrogen-bond donors (Lipinski definition) is 1. The molecule has 0 saturated heterocycles. The van der Waals surface area contributed by atoms with Gasteiger partial charge in [0.05, 0.1) is 10.6 Å². The van der Waals surface area contributed by atoms with Crippen LogP contribution in [0.4, 0.5) is 4.39 Å². The summed E-state index contributed by atoms with van der Waals surface area (Å²) >= 11 is 6.07. The lowest BCUT2D eigenvalue weighted by Gasteiger charge is -2.23. The maximum Gasteiger partial charge on any atom is 0.219 e. The Morgan fingerprint density at radius 3 is 2.76 bits per heavy atom. The predicted molar refractivity (Wildman–Crippen MR) is 92.4 cm³/mol. The quantitative estimate of drug-likeness (QED) is 0.564. The molecule has 0 saturated carbocycles. The summed E-state index contributed by atoms with van der Waals surface area (Å²) in [6, 6.07) is 4.02. The highest BCUT2D eigenvalue weighted by atomic mass is 35.5. The zero-order valence-corrected chi connectivity index (χ0v) is 15.1. The normalized spacial score (nSPS) is 13.5. The van der Waals surface area contributed by atoms with Crippen LogP contribution in [0.3, 0.4) is 0 Å². The van der Waals surface area contributed by atoms with Gasteiger partial charge in [-0.1, -0.05) is 29.7 Å². The molecule has 1 heterocycles. The second kappa shape index (κ2) is 8.36. The molecule has 25 heavy (non-hydrogen) atoms. The lowest BCUT2D eigenvalue weighted by molar-refractivity contribution is -0.108. The third-order valence-electron chi connectivity index (χ3n) is 3.93. The number of aldehydes is 1. The largest absolute Gasteiger partial charge is 0.361 e. The Morgan fingerprint density at radius 1 is 1.48 bits per heavy atom. The number of nitrogens with one attached hydrogen (secondary N) is 1. The number of halogens is 2. The number of aromatic nitrogens is 1. The number of hydrogen-bond acceptors (Lipinski definition) is 5. The molecule has 1 aromatic carbocycles. The van der Waals surface area contributed by atoms with Crippen LogP contribution in [0.25, 0.3) is 0 Å². The fourth-order valence-electron chi connectivity index (χ4n) is 2.63. The summed E-state index contributed by atoms with van der Waals surface area (Å²) in [6.07, 6.45) is 1.71. The molecular formula is C18H20ClFN2O3. The van der Waals surface area contributed by atoms with Crippen molar-refractivity contribution in [2.75, 3.05) is 0 Å². The van der Waals surface area contributed by atoms with Gasteiger partial charge in [-0.05, 0) is 26.3 Å². The first-order valence-corrected chi connectivity index (χ1v) is 8.42. The Morgan fingerprint density at radius 2 is 2.20 bits per heavy atom. The third-order valence-corrected chi connectivity index (χ3v) is 4.24. The molecule has 1 aromatic heterocycles. The van der Waals surface area contributed by atoms with E-state index in [2.05, 4.69) is 10.5 Å². The summed E-state index contributed by atoms with van der Waals surface area (Å²) in [5.41, 5.74) is 0.106. The Bertz CT molecular complexity index is 776. The van der Waals surface area contributed by atoms with Crippen LogP contribution >= 0.6 is 11.6 Å². The highest BCUT2D eigenvalue weighted by Crippen LogP contribution is 2.30. The van der Waals surface area contributed by atoms with E-state index in [9.17, 15) is 9.59 Å². The molecule has 0 aliphatic carbocycles. The van der Waals surface area contributed by atoms with Gasteiger partial charge in [0.25, 0.3) is 0 Å². The van der Waals surface area contributed by atoms with Gasteiger partial charge in [-0.25, -0.2) is 4.39 Å². The molecule has 0 amide bonds. The molecule has 7 heteroatoms. The van der Waals surface area contributed by atoms with Crippen LogP contribution in [0.1, 0.15) is 60.1 Å². The smallest absolute Gasteiger partial charge is 0.219 e. The first-order valence-electron chi connectivity index (χ1n) is 8.04. The number of benzene rings is 1. The maximum absolute atomic E-state index is 15.1. The van der Waals surface area contributed by atoms with Crippen molar-refractivity contribution in [2.45, 2.75) is 45.7 Å². The number of carbonyl (C=O) groups excluding carboxylic acids is 2. The Balaban J connectivity index is 2.41. The fourth-order valence-corrected chi connectivity index (χ4v) is 2.86. The van der Waals surface area contributed by atoms with E-state index in [1.165, 1.54) is 12.1 Å². The standard InChI is InChI=1S/C18H20ClFN2O3/c1-4-14(21-10(2)7-8-23)12-5-6-13(19)16(17(12)20)18(24)15-9-11(3)25-22-15/h5-6,8-10,14,21H,4,7H2,1-3H3/t10-,14+/m0/s1. The summed E-state index contributed by atoms with van der Waals surface area (Å²) in [7, 11) is 0. The van der Waals surface area contributed by atoms with Crippen molar-refractivity contribution in [3.8, 4) is 0 Å². The fraction of sp³-hybridized carbons (Fsp3) is 0.389. The van der Waals surface area contributed by atoms with Crippen molar-refractivity contribution >= 4 is 23.7 Å². The van der Waals surface area contributed by atoms with Crippen LogP contribution in [0.15, 0.2) is 22.7 Å². The number of ketones is 1. The van der Waals surface area contributed by atoms with E-state index in [1.807, 2.05) is 13.8 Å². The van der Waals surface area contributed by atoms with Gasteiger partial charge >= 0.3 is 0 Å². The molecule has 2 atom stereocenters. The van der Waals surface area contributed by atoms with Gasteiger partial charge < -0.3 is 14.6 Å². The molecule has 1 N–H and O–H groups in total. The maximum atomic E-state index is 15.1. The van der Waals surface area contributed by atoms with E-state index in [1.54, 1.807) is 13.0 Å². The molecule has 0 aliphatic heterocycles. The summed E-state index contributed by atoms with van der Waals surface area (Å²) in [4.78, 5) is 23.2. The van der Waals surface area contributed by atoms with Gasteiger partial charge in [-0.15, -0.1) is 0 Å². The minimum atomic E-state index is -0.684. The Kier molecular flexibility index (Phi) is 6.45. The minimum Gasteiger partial charge on any atom is -0.361 e. The number of aryl methyl sites for hydroxylation is 1. The number of carbonyl (C=O) groups is 2. The van der Waals surface area contributed by atoms with Crippen molar-refractivity contribution in [1.82, 2.24) is 10.5 Å².